The van der Waals surface area contributed by atoms with Gasteiger partial charge in [-0.1, -0.05) is 36.5 Å². The average Bonchev–Trinajstić information content (AvgIpc) is 2.91. The van der Waals surface area contributed by atoms with Crippen molar-refractivity contribution in [2.24, 2.45) is 4.99 Å². The van der Waals surface area contributed by atoms with Crippen LogP contribution < -0.4 is 4.80 Å². The van der Waals surface area contributed by atoms with Crippen molar-refractivity contribution < 1.29 is 13.2 Å². The normalized spacial score (nSPS) is 12.7. The van der Waals surface area contributed by atoms with Gasteiger partial charge in [-0.15, -0.1) is 0 Å². The monoisotopic (exact) mass is 388 g/mol. The molecule has 3 aromatic rings. The van der Waals surface area contributed by atoms with E-state index < -0.39 is 9.84 Å². The minimum absolute atomic E-state index is 0.270. The first kappa shape index (κ1) is 18.5. The zero-order valence-electron chi connectivity index (χ0n) is 14.9. The molecule has 1 heterocycles. The SMILES string of the molecule is CCCn1c(=NC(=O)c2ccccc2C)sc2cc(S(C)(=O)=O)ccc21. The Bertz CT molecular complexity index is 1150. The fourth-order valence-electron chi connectivity index (χ4n) is 2.77. The van der Waals surface area contributed by atoms with Crippen molar-refractivity contribution in [3.63, 3.8) is 0 Å². The van der Waals surface area contributed by atoms with E-state index in [0.29, 0.717) is 16.9 Å². The standard InChI is InChI=1S/C19H20N2O3S2/c1-4-11-21-16-10-9-14(26(3,23)24)12-17(16)25-19(21)20-18(22)15-8-6-5-7-13(15)2/h5-10,12H,4,11H2,1-3H3. The zero-order valence-corrected chi connectivity index (χ0v) is 16.5. The predicted molar refractivity (Wildman–Crippen MR) is 104 cm³/mol. The third-order valence-corrected chi connectivity index (χ3v) is 6.25. The Balaban J connectivity index is 2.20. The molecule has 0 aliphatic carbocycles. The minimum Gasteiger partial charge on any atom is -0.316 e. The Labute approximate surface area is 156 Å². The molecule has 0 aliphatic heterocycles. The molecule has 136 valence electrons. The maximum Gasteiger partial charge on any atom is 0.279 e. The molecule has 3 rings (SSSR count). The molecule has 0 N–H and O–H groups in total. The van der Waals surface area contributed by atoms with Crippen LogP contribution in [0.5, 0.6) is 0 Å². The summed E-state index contributed by atoms with van der Waals surface area (Å²) in [5.74, 6) is -0.289. The summed E-state index contributed by atoms with van der Waals surface area (Å²) in [5.41, 5.74) is 2.34. The summed E-state index contributed by atoms with van der Waals surface area (Å²) in [5, 5.41) is 0. The molecule has 0 bridgehead atoms. The molecule has 7 heteroatoms. The summed E-state index contributed by atoms with van der Waals surface area (Å²) >= 11 is 1.33. The lowest BCUT2D eigenvalue weighted by Gasteiger charge is -2.04. The quantitative estimate of drug-likeness (QED) is 0.686. The van der Waals surface area contributed by atoms with Gasteiger partial charge in [0.25, 0.3) is 5.91 Å². The van der Waals surface area contributed by atoms with Gasteiger partial charge >= 0.3 is 0 Å². The molecule has 0 saturated heterocycles. The number of aryl methyl sites for hydroxylation is 2. The van der Waals surface area contributed by atoms with Crippen LogP contribution in [0.2, 0.25) is 0 Å². The Morgan fingerprint density at radius 3 is 2.58 bits per heavy atom. The van der Waals surface area contributed by atoms with Gasteiger partial charge in [-0.05, 0) is 43.2 Å². The predicted octanol–water partition coefficient (Wildman–Crippen LogP) is 3.57. The molecule has 0 fully saturated rings. The van der Waals surface area contributed by atoms with Crippen LogP contribution in [0.25, 0.3) is 10.2 Å². The second kappa shape index (κ2) is 7.17. The third-order valence-electron chi connectivity index (χ3n) is 4.10. The maximum absolute atomic E-state index is 12.6. The Kier molecular flexibility index (Phi) is 5.11. The van der Waals surface area contributed by atoms with Gasteiger partial charge in [0.15, 0.2) is 14.6 Å². The van der Waals surface area contributed by atoms with Gasteiger partial charge in [0.05, 0.1) is 15.1 Å². The highest BCUT2D eigenvalue weighted by Crippen LogP contribution is 2.22. The van der Waals surface area contributed by atoms with Crippen molar-refractivity contribution in [3.05, 3.63) is 58.4 Å². The molecule has 0 atom stereocenters. The number of fused-ring (bicyclic) bond motifs is 1. The largest absolute Gasteiger partial charge is 0.316 e. The molecular formula is C19H20N2O3S2. The van der Waals surface area contributed by atoms with Crippen LogP contribution in [0.4, 0.5) is 0 Å². The minimum atomic E-state index is -3.28. The molecule has 0 saturated carbocycles. The molecule has 26 heavy (non-hydrogen) atoms. The van der Waals surface area contributed by atoms with Crippen molar-refractivity contribution in [1.29, 1.82) is 0 Å². The topological polar surface area (TPSA) is 68.5 Å². The molecule has 0 radical (unpaired) electrons. The van der Waals surface area contributed by atoms with Crippen molar-refractivity contribution in [2.75, 3.05) is 6.26 Å². The summed E-state index contributed by atoms with van der Waals surface area (Å²) in [7, 11) is -3.28. The lowest BCUT2D eigenvalue weighted by molar-refractivity contribution is 0.0997. The molecule has 1 aromatic heterocycles. The van der Waals surface area contributed by atoms with Crippen molar-refractivity contribution in [1.82, 2.24) is 4.57 Å². The number of thiazole rings is 1. The third kappa shape index (κ3) is 3.64. The lowest BCUT2D eigenvalue weighted by atomic mass is 10.1. The van der Waals surface area contributed by atoms with Gasteiger partial charge in [0, 0.05) is 18.4 Å². The maximum atomic E-state index is 12.6. The average molecular weight is 389 g/mol. The second-order valence-corrected chi connectivity index (χ2v) is 9.19. The summed E-state index contributed by atoms with van der Waals surface area (Å²) in [4.78, 5) is 17.8. The van der Waals surface area contributed by atoms with E-state index in [1.165, 1.54) is 17.6 Å². The number of amides is 1. The Hall–Kier alpha value is -2.25. The number of hydrogen-bond donors (Lipinski definition) is 0. The van der Waals surface area contributed by atoms with E-state index in [2.05, 4.69) is 4.99 Å². The van der Waals surface area contributed by atoms with Crippen molar-refractivity contribution in [3.8, 4) is 0 Å². The van der Waals surface area contributed by atoms with E-state index in [0.717, 1.165) is 22.2 Å². The highest BCUT2D eigenvalue weighted by molar-refractivity contribution is 7.90. The number of nitrogens with zero attached hydrogens (tertiary/aromatic N) is 2. The number of benzene rings is 2. The fraction of sp³-hybridized carbons (Fsp3) is 0.263. The van der Waals surface area contributed by atoms with Crippen LogP contribution in [0.3, 0.4) is 0 Å². The molecule has 5 nitrogen and oxygen atoms in total. The van der Waals surface area contributed by atoms with Crippen LogP contribution in [0.1, 0.15) is 29.3 Å². The van der Waals surface area contributed by atoms with Gasteiger partial charge in [-0.3, -0.25) is 4.79 Å². The van der Waals surface area contributed by atoms with Crippen LogP contribution >= 0.6 is 11.3 Å². The van der Waals surface area contributed by atoms with E-state index in [-0.39, 0.29) is 10.8 Å². The number of rotatable bonds is 4. The van der Waals surface area contributed by atoms with E-state index in [4.69, 9.17) is 0 Å². The number of hydrogen-bond acceptors (Lipinski definition) is 4. The number of aromatic nitrogens is 1. The summed E-state index contributed by atoms with van der Waals surface area (Å²) < 4.78 is 26.4. The van der Waals surface area contributed by atoms with Crippen molar-refractivity contribution in [2.45, 2.75) is 31.7 Å². The lowest BCUT2D eigenvalue weighted by Crippen LogP contribution is -2.17. The van der Waals surface area contributed by atoms with Gasteiger partial charge < -0.3 is 4.57 Å². The smallest absolute Gasteiger partial charge is 0.279 e. The zero-order chi connectivity index (χ0) is 18.9. The first-order valence-corrected chi connectivity index (χ1v) is 11.0. The second-order valence-electron chi connectivity index (χ2n) is 6.17. The summed E-state index contributed by atoms with van der Waals surface area (Å²) in [6, 6.07) is 12.4. The van der Waals surface area contributed by atoms with Crippen LogP contribution in [-0.4, -0.2) is 25.1 Å². The van der Waals surface area contributed by atoms with Crippen LogP contribution in [-0.2, 0) is 16.4 Å². The molecule has 0 unspecified atom stereocenters. The molecular weight excluding hydrogens is 368 g/mol. The van der Waals surface area contributed by atoms with Crippen LogP contribution in [0, 0.1) is 6.92 Å². The van der Waals surface area contributed by atoms with Crippen LogP contribution in [0.15, 0.2) is 52.4 Å². The van der Waals surface area contributed by atoms with E-state index in [1.807, 2.05) is 36.6 Å². The van der Waals surface area contributed by atoms with Gasteiger partial charge in [-0.2, -0.15) is 4.99 Å². The number of sulfone groups is 1. The number of carbonyl (C=O) groups is 1. The molecule has 1 amide bonds. The highest BCUT2D eigenvalue weighted by atomic mass is 32.2. The Morgan fingerprint density at radius 1 is 1.19 bits per heavy atom. The summed E-state index contributed by atoms with van der Waals surface area (Å²) in [6.45, 7) is 4.64. The van der Waals surface area contributed by atoms with E-state index >= 15 is 0 Å². The number of carbonyl (C=O) groups excluding carboxylic acids is 1. The van der Waals surface area contributed by atoms with E-state index in [1.54, 1.807) is 24.3 Å². The van der Waals surface area contributed by atoms with Gasteiger partial charge in [-0.25, -0.2) is 8.42 Å². The van der Waals surface area contributed by atoms with Crippen molar-refractivity contribution >= 4 is 37.3 Å². The fourth-order valence-corrected chi connectivity index (χ4v) is 4.58. The highest BCUT2D eigenvalue weighted by Gasteiger charge is 2.13. The molecule has 0 aliphatic rings. The first-order chi connectivity index (χ1) is 12.3. The van der Waals surface area contributed by atoms with E-state index in [9.17, 15) is 13.2 Å². The molecule has 0 spiro atoms. The summed E-state index contributed by atoms with van der Waals surface area (Å²) in [6.07, 6.45) is 2.07. The first-order valence-electron chi connectivity index (χ1n) is 8.29. The van der Waals surface area contributed by atoms with Gasteiger partial charge in [0.1, 0.15) is 0 Å². The van der Waals surface area contributed by atoms with Gasteiger partial charge in [0.2, 0.25) is 0 Å². The Morgan fingerprint density at radius 2 is 1.92 bits per heavy atom. The molecule has 2 aromatic carbocycles.